The Bertz CT molecular complexity index is 1360. The molecule has 4 aromatic rings. The van der Waals surface area contributed by atoms with E-state index in [2.05, 4.69) is 42.0 Å². The number of amides is 1. The fourth-order valence-corrected chi connectivity index (χ4v) is 5.76. The van der Waals surface area contributed by atoms with Crippen LogP contribution in [0.5, 0.6) is 11.5 Å². The van der Waals surface area contributed by atoms with Crippen molar-refractivity contribution in [3.05, 3.63) is 90.6 Å². The van der Waals surface area contributed by atoms with Crippen molar-refractivity contribution in [2.45, 2.75) is 43.7 Å². The Morgan fingerprint density at radius 1 is 1.05 bits per heavy atom. The number of hydrogen-bond acceptors (Lipinski definition) is 4. The number of hydrogen-bond donors (Lipinski definition) is 0. The van der Waals surface area contributed by atoms with Crippen LogP contribution in [-0.4, -0.2) is 25.4 Å². The molecule has 1 aliphatic rings. The molecule has 1 atom stereocenters. The van der Waals surface area contributed by atoms with Crippen molar-refractivity contribution < 1.29 is 18.8 Å². The molecule has 0 saturated heterocycles. The second kappa shape index (κ2) is 11.7. The van der Waals surface area contributed by atoms with E-state index in [0.29, 0.717) is 24.9 Å². The Balaban J connectivity index is 1.39. The van der Waals surface area contributed by atoms with E-state index in [1.54, 1.807) is 18.9 Å². The minimum Gasteiger partial charge on any atom is -0.497 e. The first kappa shape index (κ1) is 25.2. The lowest BCUT2D eigenvalue weighted by Gasteiger charge is -2.24. The molecule has 3 aromatic carbocycles. The van der Waals surface area contributed by atoms with E-state index in [-0.39, 0.29) is 5.91 Å². The predicted octanol–water partition coefficient (Wildman–Crippen LogP) is 6.59. The van der Waals surface area contributed by atoms with E-state index < -0.39 is 0 Å². The lowest BCUT2D eigenvalue weighted by Crippen LogP contribution is -2.46. The van der Waals surface area contributed by atoms with Gasteiger partial charge in [-0.25, -0.2) is 0 Å². The summed E-state index contributed by atoms with van der Waals surface area (Å²) >= 11 is 1.59. The van der Waals surface area contributed by atoms with Gasteiger partial charge in [0.1, 0.15) is 5.75 Å². The van der Waals surface area contributed by atoms with Crippen molar-refractivity contribution in [1.29, 1.82) is 0 Å². The third-order valence-corrected chi connectivity index (χ3v) is 7.90. The molecule has 1 aliphatic heterocycles. The van der Waals surface area contributed by atoms with Gasteiger partial charge in [0, 0.05) is 23.1 Å². The average molecular weight is 514 g/mol. The molecule has 6 heteroatoms. The fraction of sp³-hybridized carbons (Fsp3) is 0.290. The van der Waals surface area contributed by atoms with E-state index in [1.165, 1.54) is 12.8 Å². The monoisotopic (exact) mass is 513 g/mol. The maximum Gasteiger partial charge on any atom is 0.256 e. The molecule has 37 heavy (non-hydrogen) atoms. The second-order valence-corrected chi connectivity index (χ2v) is 10.3. The molecule has 0 fully saturated rings. The molecule has 0 N–H and O–H groups in total. The molecule has 0 bridgehead atoms. The molecule has 2 heterocycles. The molecule has 5 nitrogen and oxygen atoms in total. The van der Waals surface area contributed by atoms with E-state index in [1.807, 2.05) is 59.5 Å². The molecule has 0 aliphatic carbocycles. The number of pyridine rings is 1. The Kier molecular flexibility index (Phi) is 7.95. The number of unbranched alkanes of at least 4 members (excludes halogenated alkanes) is 1. The van der Waals surface area contributed by atoms with Crippen LogP contribution >= 0.6 is 11.8 Å². The van der Waals surface area contributed by atoms with Crippen LogP contribution in [0.4, 0.5) is 5.69 Å². The summed E-state index contributed by atoms with van der Waals surface area (Å²) in [7, 11) is 1.65. The number of para-hydroxylation sites is 1. The molecule has 190 valence electrons. The van der Waals surface area contributed by atoms with Crippen LogP contribution < -0.4 is 18.9 Å². The smallest absolute Gasteiger partial charge is 0.256 e. The van der Waals surface area contributed by atoms with Crippen LogP contribution in [0, 0.1) is 0 Å². The van der Waals surface area contributed by atoms with Gasteiger partial charge >= 0.3 is 0 Å². The van der Waals surface area contributed by atoms with Crippen molar-refractivity contribution in [2.24, 2.45) is 0 Å². The van der Waals surface area contributed by atoms with Gasteiger partial charge in [-0.2, -0.15) is 4.57 Å². The van der Waals surface area contributed by atoms with Gasteiger partial charge in [0.25, 0.3) is 5.52 Å². The highest BCUT2D eigenvalue weighted by atomic mass is 32.2. The van der Waals surface area contributed by atoms with Crippen molar-refractivity contribution >= 4 is 34.3 Å². The summed E-state index contributed by atoms with van der Waals surface area (Å²) in [6.07, 6.45) is 5.63. The summed E-state index contributed by atoms with van der Waals surface area (Å²) in [6.45, 7) is 3.44. The highest BCUT2D eigenvalue weighted by Gasteiger charge is 2.30. The standard InChI is InChI=1S/C31H33N2O3S/c1-3-4-11-25-21-36-28-13-8-12-27-29(18-19-32(25)31(27)28)37-22-30(34)33(20-23-9-6-5-7-10-23)24-14-16-26(35-2)17-15-24/h5-10,12-19,25H,3-4,11,20-22H2,1-2H3/q+1. The highest BCUT2D eigenvalue weighted by Crippen LogP contribution is 2.35. The largest absolute Gasteiger partial charge is 0.497 e. The highest BCUT2D eigenvalue weighted by molar-refractivity contribution is 8.00. The van der Waals surface area contributed by atoms with Gasteiger partial charge < -0.3 is 14.4 Å². The summed E-state index contributed by atoms with van der Waals surface area (Å²) < 4.78 is 13.8. The third kappa shape index (κ3) is 5.59. The first-order valence-electron chi connectivity index (χ1n) is 12.9. The minimum absolute atomic E-state index is 0.0595. The first-order chi connectivity index (χ1) is 18.2. The number of thioether (sulfide) groups is 1. The van der Waals surface area contributed by atoms with Crippen molar-refractivity contribution in [3.8, 4) is 11.5 Å². The molecule has 1 aromatic heterocycles. The van der Waals surface area contributed by atoms with Crippen molar-refractivity contribution in [3.63, 3.8) is 0 Å². The minimum atomic E-state index is 0.0595. The Morgan fingerprint density at radius 3 is 2.62 bits per heavy atom. The SMILES string of the molecule is CCCCC1COc2cccc3c(SCC(=O)N(Cc4ccccc4)c4ccc(OC)cc4)cc[n+]1c23. The predicted molar refractivity (Wildman–Crippen MR) is 150 cm³/mol. The topological polar surface area (TPSA) is 42.6 Å². The quantitative estimate of drug-likeness (QED) is 0.177. The number of methoxy groups -OCH3 is 1. The normalized spacial score (nSPS) is 14.3. The Hall–Kier alpha value is -3.51. The van der Waals surface area contributed by atoms with Crippen LogP contribution in [-0.2, 0) is 11.3 Å². The van der Waals surface area contributed by atoms with Crippen LogP contribution in [0.25, 0.3) is 10.9 Å². The zero-order valence-corrected chi connectivity index (χ0v) is 22.2. The van der Waals surface area contributed by atoms with E-state index >= 15 is 0 Å². The maximum atomic E-state index is 13.6. The molecule has 0 spiro atoms. The summed E-state index contributed by atoms with van der Waals surface area (Å²) in [6, 6.07) is 26.5. The number of rotatable bonds is 10. The van der Waals surface area contributed by atoms with Gasteiger partial charge in [-0.15, -0.1) is 11.8 Å². The maximum absolute atomic E-state index is 13.6. The third-order valence-electron chi connectivity index (χ3n) is 6.84. The molecule has 0 radical (unpaired) electrons. The molecule has 1 unspecified atom stereocenters. The van der Waals surface area contributed by atoms with Gasteiger partial charge in [0.15, 0.2) is 24.6 Å². The molecule has 5 rings (SSSR count). The van der Waals surface area contributed by atoms with Crippen molar-refractivity contribution in [2.75, 3.05) is 24.4 Å². The van der Waals surface area contributed by atoms with Crippen LogP contribution in [0.3, 0.4) is 0 Å². The van der Waals surface area contributed by atoms with Gasteiger partial charge in [-0.05, 0) is 48.4 Å². The molecule has 0 saturated carbocycles. The summed E-state index contributed by atoms with van der Waals surface area (Å²) in [4.78, 5) is 16.6. The van der Waals surface area contributed by atoms with E-state index in [9.17, 15) is 4.79 Å². The van der Waals surface area contributed by atoms with Gasteiger partial charge in [0.05, 0.1) is 24.8 Å². The fourth-order valence-electron chi connectivity index (χ4n) is 4.84. The zero-order chi connectivity index (χ0) is 25.6. The molecule has 1 amide bonds. The number of anilines is 1. The second-order valence-electron chi connectivity index (χ2n) is 9.30. The lowest BCUT2D eigenvalue weighted by atomic mass is 10.1. The number of nitrogens with zero attached hydrogens (tertiary/aromatic N) is 2. The van der Waals surface area contributed by atoms with Crippen LogP contribution in [0.2, 0.25) is 0 Å². The number of aromatic nitrogens is 1. The average Bonchev–Trinajstić information content (AvgIpc) is 2.95. The number of benzene rings is 3. The van der Waals surface area contributed by atoms with E-state index in [0.717, 1.165) is 45.0 Å². The molecular weight excluding hydrogens is 480 g/mol. The van der Waals surface area contributed by atoms with Crippen LogP contribution in [0.1, 0.15) is 37.8 Å². The molecular formula is C31H33N2O3S+. The first-order valence-corrected chi connectivity index (χ1v) is 13.9. The lowest BCUT2D eigenvalue weighted by molar-refractivity contribution is -0.704. The Labute approximate surface area is 223 Å². The summed E-state index contributed by atoms with van der Waals surface area (Å²) in [5.74, 6) is 2.08. The van der Waals surface area contributed by atoms with Crippen molar-refractivity contribution in [1.82, 2.24) is 0 Å². The van der Waals surface area contributed by atoms with E-state index in [4.69, 9.17) is 9.47 Å². The number of carbonyl (C=O) groups is 1. The zero-order valence-electron chi connectivity index (χ0n) is 21.4. The Morgan fingerprint density at radius 2 is 1.86 bits per heavy atom. The summed E-state index contributed by atoms with van der Waals surface area (Å²) in [5.41, 5.74) is 3.07. The number of ether oxygens (including phenoxy) is 2. The van der Waals surface area contributed by atoms with Gasteiger partial charge in [-0.1, -0.05) is 49.7 Å². The summed E-state index contributed by atoms with van der Waals surface area (Å²) in [5, 5.41) is 1.14. The van der Waals surface area contributed by atoms with Crippen LogP contribution in [0.15, 0.2) is 90.0 Å². The van der Waals surface area contributed by atoms with Gasteiger partial charge in [0.2, 0.25) is 5.91 Å². The number of carbonyl (C=O) groups excluding carboxylic acids is 1. The van der Waals surface area contributed by atoms with Gasteiger partial charge in [-0.3, -0.25) is 4.79 Å².